The fourth-order valence-electron chi connectivity index (χ4n) is 6.40. The zero-order valence-electron chi connectivity index (χ0n) is 27.1. The number of sulfonamides is 1. The number of amides is 3. The van der Waals surface area contributed by atoms with Gasteiger partial charge in [0.2, 0.25) is 10.0 Å². The van der Waals surface area contributed by atoms with Crippen LogP contribution in [-0.2, 0) is 16.4 Å². The van der Waals surface area contributed by atoms with Crippen LogP contribution >= 0.6 is 0 Å². The smallest absolute Gasteiger partial charge is 0.261 e. The summed E-state index contributed by atoms with van der Waals surface area (Å²) in [6.45, 7) is 0.697. The Morgan fingerprint density at radius 2 is 1.68 bits per heavy atom. The predicted octanol–water partition coefficient (Wildman–Crippen LogP) is 4.62. The molecule has 0 aliphatic carbocycles. The van der Waals surface area contributed by atoms with Gasteiger partial charge in [-0.2, -0.15) is 9.57 Å². The molecule has 6 rings (SSSR count). The Morgan fingerprint density at radius 3 is 2.40 bits per heavy atom. The molecule has 0 unspecified atom stereocenters. The Labute approximate surface area is 289 Å². The van der Waals surface area contributed by atoms with Crippen LogP contribution in [0.4, 0.5) is 10.2 Å². The van der Waals surface area contributed by atoms with Crippen molar-refractivity contribution in [2.45, 2.75) is 31.7 Å². The summed E-state index contributed by atoms with van der Waals surface area (Å²) in [5.74, 6) is -1.64. The third kappa shape index (κ3) is 7.41. The van der Waals surface area contributed by atoms with Crippen molar-refractivity contribution >= 4 is 33.6 Å². The van der Waals surface area contributed by atoms with Gasteiger partial charge in [-0.1, -0.05) is 42.5 Å². The number of carbonyl (C=O) groups excluding carboxylic acids is 3. The summed E-state index contributed by atoms with van der Waals surface area (Å²) < 4.78 is 41.9. The van der Waals surface area contributed by atoms with Gasteiger partial charge in [0.25, 0.3) is 17.7 Å². The van der Waals surface area contributed by atoms with Gasteiger partial charge < -0.3 is 10.6 Å². The molecule has 0 radical (unpaired) electrons. The molecule has 3 heterocycles. The first-order valence-corrected chi connectivity index (χ1v) is 18.0. The number of carbonyl (C=O) groups is 3. The lowest BCUT2D eigenvalue weighted by molar-refractivity contribution is 0.0654. The average molecular weight is 695 g/mol. The third-order valence-corrected chi connectivity index (χ3v) is 10.9. The topological polar surface area (TPSA) is 153 Å². The van der Waals surface area contributed by atoms with Gasteiger partial charge in [0.1, 0.15) is 11.6 Å². The van der Waals surface area contributed by atoms with Crippen LogP contribution in [0.5, 0.6) is 0 Å². The van der Waals surface area contributed by atoms with E-state index in [4.69, 9.17) is 4.98 Å². The highest BCUT2D eigenvalue weighted by molar-refractivity contribution is 7.89. The van der Waals surface area contributed by atoms with E-state index in [1.54, 1.807) is 72.8 Å². The number of imide groups is 1. The summed E-state index contributed by atoms with van der Waals surface area (Å²) in [4.78, 5) is 44.7. The van der Waals surface area contributed by atoms with Crippen molar-refractivity contribution in [3.05, 3.63) is 119 Å². The summed E-state index contributed by atoms with van der Waals surface area (Å²) >= 11 is 0. The lowest BCUT2D eigenvalue weighted by Crippen LogP contribution is -2.44. The van der Waals surface area contributed by atoms with Crippen molar-refractivity contribution in [3.8, 4) is 17.3 Å². The van der Waals surface area contributed by atoms with E-state index in [-0.39, 0.29) is 42.5 Å². The molecule has 1 aromatic heterocycles. The highest BCUT2D eigenvalue weighted by Crippen LogP contribution is 2.27. The van der Waals surface area contributed by atoms with E-state index in [9.17, 15) is 32.5 Å². The molecule has 3 amide bonds. The molecular formula is C37H35FN6O5S. The van der Waals surface area contributed by atoms with Crippen molar-refractivity contribution in [1.29, 1.82) is 5.26 Å². The van der Waals surface area contributed by atoms with Crippen molar-refractivity contribution in [2.75, 3.05) is 37.2 Å². The van der Waals surface area contributed by atoms with E-state index in [1.165, 1.54) is 16.4 Å². The monoisotopic (exact) mass is 694 g/mol. The Kier molecular flexibility index (Phi) is 10.3. The highest BCUT2D eigenvalue weighted by Gasteiger charge is 2.37. The van der Waals surface area contributed by atoms with E-state index >= 15 is 0 Å². The number of nitriles is 1. The van der Waals surface area contributed by atoms with Gasteiger partial charge in [0.05, 0.1) is 39.8 Å². The maximum atomic E-state index is 13.7. The first kappa shape index (κ1) is 34.4. The molecule has 2 N–H and O–H groups in total. The third-order valence-electron chi connectivity index (χ3n) is 8.90. The van der Waals surface area contributed by atoms with Crippen molar-refractivity contribution < 1.29 is 27.2 Å². The second-order valence-corrected chi connectivity index (χ2v) is 14.2. The van der Waals surface area contributed by atoms with Crippen molar-refractivity contribution in [1.82, 2.24) is 19.5 Å². The van der Waals surface area contributed by atoms with Gasteiger partial charge in [-0.05, 0) is 73.7 Å². The Balaban J connectivity index is 1.11. The normalized spacial score (nSPS) is 15.9. The van der Waals surface area contributed by atoms with Crippen LogP contribution in [0.1, 0.15) is 61.5 Å². The molecule has 11 nitrogen and oxygen atoms in total. The van der Waals surface area contributed by atoms with Gasteiger partial charge in [-0.3, -0.25) is 19.3 Å². The number of nitrogens with one attached hydrogen (secondary N) is 2. The van der Waals surface area contributed by atoms with E-state index in [0.29, 0.717) is 60.3 Å². The minimum atomic E-state index is -3.75. The number of hydrogen-bond donors (Lipinski definition) is 2. The molecule has 0 saturated carbocycles. The van der Waals surface area contributed by atoms with Gasteiger partial charge in [-0.25, -0.2) is 17.8 Å². The molecule has 1 saturated heterocycles. The molecule has 50 heavy (non-hydrogen) atoms. The quantitative estimate of drug-likeness (QED) is 0.192. The Hall–Kier alpha value is -5.45. The number of benzene rings is 3. The molecule has 0 bridgehead atoms. The van der Waals surface area contributed by atoms with Crippen LogP contribution in [0, 0.1) is 17.1 Å². The fourth-order valence-corrected chi connectivity index (χ4v) is 8.17. The summed E-state index contributed by atoms with van der Waals surface area (Å²) in [7, 11) is -3.75. The second-order valence-electron chi connectivity index (χ2n) is 12.2. The van der Waals surface area contributed by atoms with Crippen LogP contribution in [0.15, 0.2) is 84.9 Å². The van der Waals surface area contributed by atoms with Crippen LogP contribution in [-0.4, -0.2) is 78.3 Å². The lowest BCUT2D eigenvalue weighted by Gasteiger charge is -2.25. The lowest BCUT2D eigenvalue weighted by atomic mass is 10.0. The van der Waals surface area contributed by atoms with Crippen LogP contribution in [0.25, 0.3) is 11.3 Å². The first-order valence-electron chi connectivity index (χ1n) is 16.4. The summed E-state index contributed by atoms with van der Waals surface area (Å²) in [5, 5.41) is 15.7. The largest absolute Gasteiger partial charge is 0.369 e. The molecule has 2 aliphatic heterocycles. The van der Waals surface area contributed by atoms with Crippen molar-refractivity contribution in [3.63, 3.8) is 0 Å². The zero-order valence-corrected chi connectivity index (χ0v) is 28.0. The van der Waals surface area contributed by atoms with Gasteiger partial charge in [0.15, 0.2) is 0 Å². The molecule has 1 atom stereocenters. The fraction of sp³-hybridized carbons (Fsp3) is 0.270. The van der Waals surface area contributed by atoms with Crippen LogP contribution in [0.3, 0.4) is 0 Å². The number of nitrogens with zero attached hydrogens (tertiary/aromatic N) is 4. The Bertz CT molecular complexity index is 2060. The Morgan fingerprint density at radius 1 is 0.960 bits per heavy atom. The molecule has 3 aromatic carbocycles. The molecule has 256 valence electrons. The minimum absolute atomic E-state index is 0.0162. The molecular weight excluding hydrogens is 660 g/mol. The molecule has 4 aromatic rings. The van der Waals surface area contributed by atoms with E-state index in [0.717, 1.165) is 10.5 Å². The predicted molar refractivity (Wildman–Crippen MR) is 185 cm³/mol. The number of hydrogen-bond acceptors (Lipinski definition) is 8. The van der Waals surface area contributed by atoms with Gasteiger partial charge >= 0.3 is 0 Å². The van der Waals surface area contributed by atoms with E-state index in [2.05, 4.69) is 16.7 Å². The van der Waals surface area contributed by atoms with Crippen molar-refractivity contribution in [2.24, 2.45) is 0 Å². The first-order chi connectivity index (χ1) is 24.2. The molecule has 1 fully saturated rings. The number of aromatic nitrogens is 1. The van der Waals surface area contributed by atoms with E-state index in [1.807, 2.05) is 0 Å². The maximum Gasteiger partial charge on any atom is 0.261 e. The van der Waals surface area contributed by atoms with Gasteiger partial charge in [-0.15, -0.1) is 0 Å². The molecule has 13 heteroatoms. The second kappa shape index (κ2) is 15.0. The van der Waals surface area contributed by atoms with Crippen LogP contribution in [0.2, 0.25) is 0 Å². The standard InChI is InChI=1S/C37H35FN6O5S/c38-27-10-5-8-25(22-27)17-18-40-34-32(15-16-33(42-34)29-12-2-1-9-26(29)23-39)35(45)41-24-28-11-6-20-44(28)50(48,49)21-7-19-43-36(46)30-13-3-4-14-31(30)37(43)47/h1-5,8-10,12-16,22,28H,6-7,11,17-21,24H2,(H,40,42)(H,41,45)/t28-/m1/s1. The average Bonchev–Trinajstić information content (AvgIpc) is 3.70. The van der Waals surface area contributed by atoms with Gasteiger partial charge in [0, 0.05) is 37.8 Å². The molecule has 2 aliphatic rings. The SMILES string of the molecule is N#Cc1ccccc1-c1ccc(C(=O)NC[C@H]2CCCN2S(=O)(=O)CCCN2C(=O)c3ccccc3C2=O)c(NCCc2cccc(F)c2)n1. The number of pyridine rings is 1. The summed E-state index contributed by atoms with van der Waals surface area (Å²) in [6, 6.07) is 24.7. The summed E-state index contributed by atoms with van der Waals surface area (Å²) in [5.41, 5.74) is 3.15. The minimum Gasteiger partial charge on any atom is -0.369 e. The zero-order chi connectivity index (χ0) is 35.3. The number of rotatable bonds is 13. The molecule has 0 spiro atoms. The highest BCUT2D eigenvalue weighted by atomic mass is 32.2. The van der Waals surface area contributed by atoms with E-state index < -0.39 is 33.8 Å². The summed E-state index contributed by atoms with van der Waals surface area (Å²) in [6.07, 6.45) is 1.72. The number of anilines is 1. The number of halogens is 1. The number of fused-ring (bicyclic) bond motifs is 1. The maximum absolute atomic E-state index is 13.7. The van der Waals surface area contributed by atoms with Crippen LogP contribution < -0.4 is 10.6 Å².